The fraction of sp³-hybridized carbons (Fsp3) is 0.500. The van der Waals surface area contributed by atoms with Crippen molar-refractivity contribution in [2.75, 3.05) is 0 Å². The Morgan fingerprint density at radius 1 is 1.57 bits per heavy atom. The van der Waals surface area contributed by atoms with Gasteiger partial charge < -0.3 is 14.8 Å². The number of aliphatic carboxylic acids is 1. The van der Waals surface area contributed by atoms with Gasteiger partial charge in [-0.05, 0) is 6.92 Å². The fourth-order valence-electron chi connectivity index (χ4n) is 3.26. The second-order valence-electron chi connectivity index (χ2n) is 5.91. The minimum atomic E-state index is -1.08. The third-order valence-corrected chi connectivity index (χ3v) is 7.16. The van der Waals surface area contributed by atoms with Crippen LogP contribution in [0.2, 0.25) is 0 Å². The van der Waals surface area contributed by atoms with Crippen molar-refractivity contribution in [3.8, 4) is 0 Å². The van der Waals surface area contributed by atoms with Crippen LogP contribution in [0, 0.1) is 5.92 Å². The number of aliphatic hydroxyl groups is 1. The lowest BCUT2D eigenvalue weighted by Crippen LogP contribution is -2.60. The van der Waals surface area contributed by atoms with Crippen LogP contribution in [0.15, 0.2) is 22.5 Å². The van der Waals surface area contributed by atoms with Gasteiger partial charge in [0.25, 0.3) is 0 Å². The van der Waals surface area contributed by atoms with Crippen LogP contribution in [-0.4, -0.2) is 53.3 Å². The van der Waals surface area contributed by atoms with Crippen molar-refractivity contribution in [3.63, 3.8) is 0 Å². The molecule has 0 aliphatic carbocycles. The number of rotatable bonds is 4. The summed E-state index contributed by atoms with van der Waals surface area (Å²) in [7, 11) is 0. The maximum Gasteiger partial charge on any atom is 0.354 e. The zero-order valence-corrected chi connectivity index (χ0v) is 13.9. The topological polar surface area (TPSA) is 95.7 Å². The molecule has 122 valence electrons. The number of amides is 1. The molecule has 1 amide bonds. The number of carboxylic acid groups (broad SMARTS) is 1. The number of β-lactam (4-membered cyclic amide) rings is 1. The molecule has 0 aromatic carbocycles. The molecular weight excluding hydrogens is 338 g/mol. The van der Waals surface area contributed by atoms with E-state index in [1.807, 2.05) is 6.20 Å². The Morgan fingerprint density at radius 2 is 2.35 bits per heavy atom. The first-order chi connectivity index (χ1) is 11.0. The van der Waals surface area contributed by atoms with Crippen molar-refractivity contribution in [2.45, 2.75) is 36.6 Å². The molecule has 1 aromatic rings. The Hall–Kier alpha value is -1.45. The monoisotopic (exact) mass is 353 g/mol. The van der Waals surface area contributed by atoms with Gasteiger partial charge in [-0.15, -0.1) is 11.8 Å². The molecule has 2 N–H and O–H groups in total. The van der Waals surface area contributed by atoms with Crippen LogP contribution in [0.5, 0.6) is 0 Å². The number of fused-ring (bicyclic) bond motifs is 2. The van der Waals surface area contributed by atoms with Crippen molar-refractivity contribution >= 4 is 35.4 Å². The highest BCUT2D eigenvalue weighted by molar-refractivity contribution is 8.23. The highest BCUT2D eigenvalue weighted by Gasteiger charge is 2.58. The molecule has 4 heterocycles. The van der Waals surface area contributed by atoms with Crippen LogP contribution in [0.4, 0.5) is 0 Å². The molecule has 1 aromatic heterocycles. The lowest BCUT2D eigenvalue weighted by Gasteiger charge is -2.43. The molecule has 0 spiro atoms. The van der Waals surface area contributed by atoms with Gasteiger partial charge in [0.2, 0.25) is 5.91 Å². The first-order valence-corrected chi connectivity index (χ1v) is 9.04. The summed E-state index contributed by atoms with van der Waals surface area (Å²) in [6.07, 6.45) is 3.67. The van der Waals surface area contributed by atoms with Gasteiger partial charge in [0.05, 0.1) is 22.6 Å². The highest BCUT2D eigenvalue weighted by atomic mass is 32.2. The molecule has 1 saturated heterocycles. The average molecular weight is 353 g/mol. The molecule has 4 rings (SSSR count). The van der Waals surface area contributed by atoms with Gasteiger partial charge in [0.1, 0.15) is 5.37 Å². The number of nitrogens with zero attached hydrogens (tertiary/aromatic N) is 3. The summed E-state index contributed by atoms with van der Waals surface area (Å²) in [5, 5.41) is 19.2. The summed E-state index contributed by atoms with van der Waals surface area (Å²) in [5.74, 6) is -1.90. The molecule has 1 fully saturated rings. The molecule has 7 nitrogen and oxygen atoms in total. The van der Waals surface area contributed by atoms with Crippen LogP contribution in [0.3, 0.4) is 0 Å². The number of aliphatic hydroxyl groups excluding tert-OH is 1. The van der Waals surface area contributed by atoms with E-state index in [0.717, 1.165) is 18.7 Å². The summed E-state index contributed by atoms with van der Waals surface area (Å²) in [6, 6.07) is 0. The molecular formula is C14H15N3O4S2. The van der Waals surface area contributed by atoms with E-state index in [1.165, 1.54) is 28.4 Å². The predicted molar refractivity (Wildman–Crippen MR) is 85.4 cm³/mol. The molecule has 3 aliphatic heterocycles. The fourth-order valence-corrected chi connectivity index (χ4v) is 6.60. The quantitative estimate of drug-likeness (QED) is 0.770. The van der Waals surface area contributed by atoms with Crippen LogP contribution >= 0.6 is 23.5 Å². The summed E-state index contributed by atoms with van der Waals surface area (Å²) in [5.41, 5.74) is 1.21. The highest BCUT2D eigenvalue weighted by Crippen LogP contribution is 2.55. The van der Waals surface area contributed by atoms with E-state index in [-0.39, 0.29) is 22.2 Å². The number of carboxylic acids is 1. The maximum atomic E-state index is 12.2. The Balaban J connectivity index is 1.55. The number of hydrogen-bond donors (Lipinski definition) is 2. The minimum absolute atomic E-state index is 0.0709. The van der Waals surface area contributed by atoms with Crippen molar-refractivity contribution in [3.05, 3.63) is 28.2 Å². The van der Waals surface area contributed by atoms with Gasteiger partial charge in [0.15, 0.2) is 5.70 Å². The van der Waals surface area contributed by atoms with E-state index >= 15 is 0 Å². The van der Waals surface area contributed by atoms with E-state index in [9.17, 15) is 19.8 Å². The van der Waals surface area contributed by atoms with Gasteiger partial charge in [-0.3, -0.25) is 9.69 Å². The van der Waals surface area contributed by atoms with Gasteiger partial charge in [-0.2, -0.15) is 0 Å². The Morgan fingerprint density at radius 3 is 3.00 bits per heavy atom. The zero-order chi connectivity index (χ0) is 16.3. The van der Waals surface area contributed by atoms with Crippen LogP contribution in [-0.2, 0) is 22.6 Å². The predicted octanol–water partition coefficient (Wildman–Crippen LogP) is 0.707. The molecule has 23 heavy (non-hydrogen) atoms. The zero-order valence-electron chi connectivity index (χ0n) is 12.2. The van der Waals surface area contributed by atoms with E-state index in [2.05, 4.69) is 9.55 Å². The molecule has 3 aliphatic rings. The van der Waals surface area contributed by atoms with Crippen molar-refractivity contribution < 1.29 is 19.8 Å². The third-order valence-electron chi connectivity index (χ3n) is 4.38. The molecule has 4 atom stereocenters. The summed E-state index contributed by atoms with van der Waals surface area (Å²) in [4.78, 5) is 29.2. The summed E-state index contributed by atoms with van der Waals surface area (Å²) >= 11 is 2.90. The molecule has 9 heteroatoms. The molecule has 0 bridgehead atoms. The van der Waals surface area contributed by atoms with E-state index in [1.54, 1.807) is 13.3 Å². The smallest absolute Gasteiger partial charge is 0.354 e. The van der Waals surface area contributed by atoms with E-state index in [0.29, 0.717) is 4.24 Å². The van der Waals surface area contributed by atoms with Crippen molar-refractivity contribution in [1.29, 1.82) is 0 Å². The van der Waals surface area contributed by atoms with Gasteiger partial charge >= 0.3 is 5.97 Å². The molecule has 0 radical (unpaired) electrons. The third kappa shape index (κ3) is 2.21. The number of hydrogen-bond acceptors (Lipinski definition) is 6. The number of aromatic nitrogens is 2. The summed E-state index contributed by atoms with van der Waals surface area (Å²) in [6.45, 7) is 2.36. The van der Waals surface area contributed by atoms with Gasteiger partial charge in [-0.25, -0.2) is 9.78 Å². The lowest BCUT2D eigenvalue weighted by molar-refractivity contribution is -0.156. The SMILES string of the molecule is C[C@@H](O)[C@@H]1C(=O)N2C(C(=O)O)=C(SC3Cc4cncn4C3)S[C@@H]12. The summed E-state index contributed by atoms with van der Waals surface area (Å²) < 4.78 is 2.74. The standard InChI is InChI=1S/C14H15N3O4S2/c1-6(18)9-11(19)17-10(13(20)21)14(23-12(9)17)22-8-2-7-3-15-5-16(7)4-8/h3,5-6,8-9,12,18H,2,4H2,1H3,(H,20,21)/t6-,8?,9-,12+/m1/s1. The maximum absolute atomic E-state index is 12.2. The van der Waals surface area contributed by atoms with Crippen LogP contribution < -0.4 is 0 Å². The first-order valence-electron chi connectivity index (χ1n) is 7.28. The number of imidazole rings is 1. The van der Waals surface area contributed by atoms with Gasteiger partial charge in [-0.1, -0.05) is 11.8 Å². The first kappa shape index (κ1) is 15.1. The number of carbonyl (C=O) groups excluding carboxylic acids is 1. The normalized spacial score (nSPS) is 30.3. The van der Waals surface area contributed by atoms with E-state index in [4.69, 9.17) is 0 Å². The van der Waals surface area contributed by atoms with Crippen LogP contribution in [0.25, 0.3) is 0 Å². The Kier molecular flexibility index (Phi) is 3.47. The van der Waals surface area contributed by atoms with Crippen LogP contribution in [0.1, 0.15) is 12.6 Å². The van der Waals surface area contributed by atoms with Crippen molar-refractivity contribution in [2.24, 2.45) is 5.92 Å². The molecule has 0 saturated carbocycles. The number of carbonyl (C=O) groups is 2. The Labute approximate surface area is 140 Å². The lowest BCUT2D eigenvalue weighted by atomic mass is 9.92. The largest absolute Gasteiger partial charge is 0.477 e. The van der Waals surface area contributed by atoms with E-state index < -0.39 is 18.0 Å². The Bertz CT molecular complexity index is 709. The second kappa shape index (κ2) is 5.29. The second-order valence-corrected chi connectivity index (χ2v) is 8.60. The van der Waals surface area contributed by atoms with Gasteiger partial charge in [0, 0.05) is 30.1 Å². The molecule has 1 unspecified atom stereocenters. The number of thioether (sulfide) groups is 2. The average Bonchev–Trinajstić information content (AvgIpc) is 3.10. The van der Waals surface area contributed by atoms with Crippen molar-refractivity contribution in [1.82, 2.24) is 14.5 Å². The minimum Gasteiger partial charge on any atom is -0.477 e.